The Morgan fingerprint density at radius 3 is 2.59 bits per heavy atom. The summed E-state index contributed by atoms with van der Waals surface area (Å²) < 4.78 is 1.48. The molecule has 0 bridgehead atoms. The minimum atomic E-state index is -0.138. The third kappa shape index (κ3) is 3.16. The zero-order valence-electron chi connectivity index (χ0n) is 10.9. The van der Waals surface area contributed by atoms with Gasteiger partial charge in [0.15, 0.2) is 0 Å². The zero-order chi connectivity index (χ0) is 13.1. The molecule has 17 heavy (non-hydrogen) atoms. The molecular weight excluding hydrogens is 214 g/mol. The molecule has 0 spiro atoms. The molecule has 0 unspecified atom stereocenters. The topological polar surface area (TPSA) is 58.7 Å². The summed E-state index contributed by atoms with van der Waals surface area (Å²) in [4.78, 5) is 12.0. The number of hydrogen-bond acceptors (Lipinski definition) is 3. The molecule has 0 N–H and O–H groups in total. The van der Waals surface area contributed by atoms with Gasteiger partial charge in [-0.15, -0.1) is 0 Å². The number of nitriles is 1. The van der Waals surface area contributed by atoms with Gasteiger partial charge in [-0.3, -0.25) is 4.79 Å². The van der Waals surface area contributed by atoms with Gasteiger partial charge < -0.3 is 0 Å². The highest BCUT2D eigenvalue weighted by molar-refractivity contribution is 5.21. The van der Waals surface area contributed by atoms with Crippen LogP contribution >= 0.6 is 0 Å². The maximum Gasteiger partial charge on any atom is 0.271 e. The second-order valence-corrected chi connectivity index (χ2v) is 5.17. The lowest BCUT2D eigenvalue weighted by Gasteiger charge is -2.19. The minimum absolute atomic E-state index is 0.118. The number of rotatable bonds is 3. The highest BCUT2D eigenvalue weighted by Gasteiger charge is 2.19. The Bertz CT molecular complexity index is 489. The van der Waals surface area contributed by atoms with Gasteiger partial charge in [-0.05, 0) is 12.5 Å². The first-order valence-electron chi connectivity index (χ1n) is 5.88. The molecule has 0 aliphatic rings. The molecule has 0 aliphatic carbocycles. The Kier molecular flexibility index (Phi) is 4.06. The van der Waals surface area contributed by atoms with E-state index in [1.54, 1.807) is 6.07 Å². The summed E-state index contributed by atoms with van der Waals surface area (Å²) in [5, 5.41) is 13.1. The van der Waals surface area contributed by atoms with Crippen molar-refractivity contribution in [3.63, 3.8) is 0 Å². The highest BCUT2D eigenvalue weighted by atomic mass is 16.1. The van der Waals surface area contributed by atoms with Crippen LogP contribution < -0.4 is 5.56 Å². The van der Waals surface area contributed by atoms with Crippen LogP contribution in [0, 0.1) is 11.3 Å². The average Bonchev–Trinajstić information content (AvgIpc) is 2.22. The van der Waals surface area contributed by atoms with Crippen LogP contribution in [0.2, 0.25) is 0 Å². The Morgan fingerprint density at radius 1 is 1.47 bits per heavy atom. The standard InChI is InChI=1S/C13H19N3O/c1-5-8-16-12(17)10(6-7-14)9-11(15-16)13(2,3)4/h9H,5-6,8H2,1-4H3. The quantitative estimate of drug-likeness (QED) is 0.802. The van der Waals surface area contributed by atoms with E-state index < -0.39 is 0 Å². The Balaban J connectivity index is 3.37. The summed E-state index contributed by atoms with van der Waals surface area (Å²) in [6, 6.07) is 3.79. The lowest BCUT2D eigenvalue weighted by atomic mass is 9.91. The molecule has 4 heteroatoms. The van der Waals surface area contributed by atoms with Gasteiger partial charge in [0.25, 0.3) is 5.56 Å². The summed E-state index contributed by atoms with van der Waals surface area (Å²) >= 11 is 0. The largest absolute Gasteiger partial charge is 0.271 e. The van der Waals surface area contributed by atoms with Crippen LogP contribution in [0.3, 0.4) is 0 Å². The first-order valence-corrected chi connectivity index (χ1v) is 5.88. The van der Waals surface area contributed by atoms with Crippen LogP contribution in [0.5, 0.6) is 0 Å². The van der Waals surface area contributed by atoms with Crippen molar-refractivity contribution >= 4 is 0 Å². The molecule has 4 nitrogen and oxygen atoms in total. The van der Waals surface area contributed by atoms with Gasteiger partial charge in [-0.2, -0.15) is 10.4 Å². The fourth-order valence-electron chi connectivity index (χ4n) is 1.54. The summed E-state index contributed by atoms with van der Waals surface area (Å²) in [6.45, 7) is 8.74. The fraction of sp³-hybridized carbons (Fsp3) is 0.615. The van der Waals surface area contributed by atoms with Crippen molar-refractivity contribution in [3.05, 3.63) is 27.7 Å². The van der Waals surface area contributed by atoms with Crippen molar-refractivity contribution in [2.45, 2.75) is 52.5 Å². The van der Waals surface area contributed by atoms with Gasteiger partial charge >= 0.3 is 0 Å². The van der Waals surface area contributed by atoms with Gasteiger partial charge in [-0.25, -0.2) is 4.68 Å². The van der Waals surface area contributed by atoms with Crippen LogP contribution in [0.1, 0.15) is 45.4 Å². The molecule has 0 saturated carbocycles. The summed E-state index contributed by atoms with van der Waals surface area (Å²) in [7, 11) is 0. The van der Waals surface area contributed by atoms with E-state index in [4.69, 9.17) is 5.26 Å². The van der Waals surface area contributed by atoms with Crippen LogP contribution in [-0.2, 0) is 18.4 Å². The number of aryl methyl sites for hydroxylation is 1. The molecule has 0 aliphatic heterocycles. The SMILES string of the molecule is CCCn1nc(C(C)(C)C)cc(CC#N)c1=O. The van der Waals surface area contributed by atoms with E-state index in [0.29, 0.717) is 12.1 Å². The highest BCUT2D eigenvalue weighted by Crippen LogP contribution is 2.19. The third-order valence-electron chi connectivity index (χ3n) is 2.52. The third-order valence-corrected chi connectivity index (χ3v) is 2.52. The zero-order valence-corrected chi connectivity index (χ0v) is 10.9. The Morgan fingerprint density at radius 2 is 2.12 bits per heavy atom. The van der Waals surface area contributed by atoms with Gasteiger partial charge in [0, 0.05) is 17.5 Å². The van der Waals surface area contributed by atoms with Crippen molar-refractivity contribution in [1.29, 1.82) is 5.26 Å². The molecule has 1 rings (SSSR count). The van der Waals surface area contributed by atoms with Gasteiger partial charge in [0.05, 0.1) is 18.2 Å². The number of hydrogen-bond donors (Lipinski definition) is 0. The normalized spacial score (nSPS) is 11.2. The molecule has 0 fully saturated rings. The second-order valence-electron chi connectivity index (χ2n) is 5.17. The molecule has 92 valence electrons. The van der Waals surface area contributed by atoms with Crippen molar-refractivity contribution in [2.75, 3.05) is 0 Å². The van der Waals surface area contributed by atoms with E-state index in [0.717, 1.165) is 12.1 Å². The summed E-state index contributed by atoms with van der Waals surface area (Å²) in [5.74, 6) is 0. The molecule has 0 aromatic carbocycles. The Hall–Kier alpha value is -1.63. The summed E-state index contributed by atoms with van der Waals surface area (Å²) in [5.41, 5.74) is 1.14. The van der Waals surface area contributed by atoms with Gasteiger partial charge in [-0.1, -0.05) is 27.7 Å². The first kappa shape index (κ1) is 13.4. The van der Waals surface area contributed by atoms with Crippen molar-refractivity contribution in [1.82, 2.24) is 9.78 Å². The van der Waals surface area contributed by atoms with Crippen molar-refractivity contribution in [3.8, 4) is 6.07 Å². The lowest BCUT2D eigenvalue weighted by molar-refractivity contribution is 0.493. The average molecular weight is 233 g/mol. The minimum Gasteiger partial charge on any atom is -0.267 e. The maximum absolute atomic E-state index is 12.0. The van der Waals surface area contributed by atoms with Crippen molar-refractivity contribution in [2.24, 2.45) is 0 Å². The molecule has 0 radical (unpaired) electrons. The molecule has 1 heterocycles. The van der Waals surface area contributed by atoms with E-state index in [1.807, 2.05) is 33.8 Å². The number of aromatic nitrogens is 2. The maximum atomic E-state index is 12.0. The lowest BCUT2D eigenvalue weighted by Crippen LogP contribution is -2.30. The molecule has 0 amide bonds. The fourth-order valence-corrected chi connectivity index (χ4v) is 1.54. The van der Waals surface area contributed by atoms with Gasteiger partial charge in [0.1, 0.15) is 0 Å². The molecule has 0 atom stereocenters. The second kappa shape index (κ2) is 5.13. The first-order chi connectivity index (χ1) is 7.90. The summed E-state index contributed by atoms with van der Waals surface area (Å²) in [6.07, 6.45) is 1.00. The monoisotopic (exact) mass is 233 g/mol. The predicted octanol–water partition coefficient (Wildman–Crippen LogP) is 2.02. The molecule has 1 aromatic rings. The number of nitrogens with zero attached hydrogens (tertiary/aromatic N) is 3. The van der Waals surface area contributed by atoms with E-state index in [9.17, 15) is 4.79 Å². The predicted molar refractivity (Wildman–Crippen MR) is 66.8 cm³/mol. The molecule has 1 aromatic heterocycles. The molecule has 0 saturated heterocycles. The van der Waals surface area contributed by atoms with E-state index in [-0.39, 0.29) is 17.4 Å². The molecular formula is C13H19N3O. The Labute approximate surface area is 102 Å². The van der Waals surface area contributed by atoms with Crippen LogP contribution in [0.15, 0.2) is 10.9 Å². The van der Waals surface area contributed by atoms with Crippen LogP contribution in [0.4, 0.5) is 0 Å². The van der Waals surface area contributed by atoms with E-state index >= 15 is 0 Å². The van der Waals surface area contributed by atoms with Crippen LogP contribution in [-0.4, -0.2) is 9.78 Å². The van der Waals surface area contributed by atoms with Crippen LogP contribution in [0.25, 0.3) is 0 Å². The van der Waals surface area contributed by atoms with Crippen molar-refractivity contribution < 1.29 is 0 Å². The van der Waals surface area contributed by atoms with E-state index in [1.165, 1.54) is 4.68 Å². The smallest absolute Gasteiger partial charge is 0.267 e. The van der Waals surface area contributed by atoms with E-state index in [2.05, 4.69) is 5.10 Å². The van der Waals surface area contributed by atoms with Gasteiger partial charge in [0.2, 0.25) is 0 Å².